The lowest BCUT2D eigenvalue weighted by Crippen LogP contribution is -2.02. The van der Waals surface area contributed by atoms with Crippen molar-refractivity contribution in [3.05, 3.63) is 35.1 Å². The number of methoxy groups -OCH3 is 1. The zero-order chi connectivity index (χ0) is 16.4. The molecule has 118 valence electrons. The first-order chi connectivity index (χ1) is 10.3. The van der Waals surface area contributed by atoms with E-state index in [1.54, 1.807) is 7.11 Å². The number of hydrogen-bond donors (Lipinski definition) is 1. The number of ether oxygens (including phenoxy) is 1. The molecule has 0 unspecified atom stereocenters. The Balaban J connectivity index is 2.63. The predicted molar refractivity (Wildman–Crippen MR) is 83.6 cm³/mol. The summed E-state index contributed by atoms with van der Waals surface area (Å²) in [4.78, 5) is 10.9. The van der Waals surface area contributed by atoms with Gasteiger partial charge in [-0.3, -0.25) is 0 Å². The molecule has 0 bridgehead atoms. The van der Waals surface area contributed by atoms with E-state index in [1.165, 1.54) is 6.07 Å². The van der Waals surface area contributed by atoms with Crippen LogP contribution in [0.15, 0.2) is 22.7 Å². The number of benzene rings is 1. The minimum atomic E-state index is -1.12. The second-order valence-corrected chi connectivity index (χ2v) is 5.88. The van der Waals surface area contributed by atoms with Gasteiger partial charge in [0.15, 0.2) is 0 Å². The number of hydrogen-bond acceptors (Lipinski definition) is 4. The quantitative estimate of drug-likeness (QED) is 0.891. The van der Waals surface area contributed by atoms with Gasteiger partial charge in [-0.15, -0.1) is 0 Å². The molecule has 0 spiro atoms. The van der Waals surface area contributed by atoms with E-state index in [-0.39, 0.29) is 17.6 Å². The number of carbonyl (C=O) groups is 1. The molecule has 2 rings (SSSR count). The van der Waals surface area contributed by atoms with Gasteiger partial charge in [0, 0.05) is 11.6 Å². The van der Waals surface area contributed by atoms with E-state index in [0.29, 0.717) is 5.69 Å². The summed E-state index contributed by atoms with van der Waals surface area (Å²) in [6.45, 7) is 8.38. The van der Waals surface area contributed by atoms with Gasteiger partial charge >= 0.3 is 5.97 Å². The van der Waals surface area contributed by atoms with Gasteiger partial charge in [-0.1, -0.05) is 32.9 Å². The number of aromatic nitrogens is 1. The molecular weight excluding hydrogens is 282 g/mol. The maximum absolute atomic E-state index is 10.9. The molecule has 1 N–H and O–H groups in total. The summed E-state index contributed by atoms with van der Waals surface area (Å²) in [6.07, 6.45) is 0. The maximum Gasteiger partial charge on any atom is 0.374 e. The van der Waals surface area contributed by atoms with Crippen LogP contribution in [0.3, 0.4) is 0 Å². The Labute approximate surface area is 129 Å². The van der Waals surface area contributed by atoms with Gasteiger partial charge in [0.05, 0.1) is 7.11 Å². The summed E-state index contributed by atoms with van der Waals surface area (Å²) in [6, 6.07) is 5.41. The van der Waals surface area contributed by atoms with E-state index in [2.05, 4.69) is 32.9 Å². The number of nitrogens with zero attached hydrogens (tertiary/aromatic N) is 1. The van der Waals surface area contributed by atoms with Crippen LogP contribution in [0.4, 0.5) is 0 Å². The molecule has 0 saturated carbocycles. The molecule has 0 saturated heterocycles. The second kappa shape index (κ2) is 6.22. The van der Waals surface area contributed by atoms with E-state index < -0.39 is 5.97 Å². The van der Waals surface area contributed by atoms with Crippen molar-refractivity contribution in [1.82, 2.24) is 5.16 Å². The van der Waals surface area contributed by atoms with Gasteiger partial charge in [-0.05, 0) is 35.1 Å². The van der Waals surface area contributed by atoms with Crippen LogP contribution in [0.1, 0.15) is 61.2 Å². The van der Waals surface area contributed by atoms with Crippen molar-refractivity contribution in [2.45, 2.75) is 39.5 Å². The summed E-state index contributed by atoms with van der Waals surface area (Å²) in [5.41, 5.74) is 3.50. The summed E-state index contributed by atoms with van der Waals surface area (Å²) >= 11 is 0. The summed E-state index contributed by atoms with van der Waals surface area (Å²) in [5.74, 6) is 0.149. The molecule has 0 aliphatic heterocycles. The van der Waals surface area contributed by atoms with Gasteiger partial charge in [-0.2, -0.15) is 0 Å². The molecule has 5 heteroatoms. The molecule has 0 fully saturated rings. The summed E-state index contributed by atoms with van der Waals surface area (Å²) < 4.78 is 10.5. The fraction of sp³-hybridized carbons (Fsp3) is 0.412. The summed E-state index contributed by atoms with van der Waals surface area (Å²) in [5, 5.41) is 12.8. The predicted octanol–water partition coefficient (Wildman–Crippen LogP) is 4.30. The van der Waals surface area contributed by atoms with E-state index in [4.69, 9.17) is 14.4 Å². The first-order valence-electron chi connectivity index (χ1n) is 7.27. The molecule has 0 radical (unpaired) electrons. The zero-order valence-corrected chi connectivity index (χ0v) is 13.5. The maximum atomic E-state index is 10.9. The number of rotatable bonds is 5. The normalized spacial score (nSPS) is 11.2. The van der Waals surface area contributed by atoms with Crippen LogP contribution < -0.4 is 4.74 Å². The van der Waals surface area contributed by atoms with Gasteiger partial charge in [0.2, 0.25) is 5.76 Å². The Kier molecular flexibility index (Phi) is 4.54. The second-order valence-electron chi connectivity index (χ2n) is 5.88. The molecule has 0 amide bonds. The van der Waals surface area contributed by atoms with Crippen LogP contribution in [0, 0.1) is 0 Å². The minimum Gasteiger partial charge on any atom is -0.496 e. The highest BCUT2D eigenvalue weighted by molar-refractivity contribution is 5.85. The van der Waals surface area contributed by atoms with Crippen LogP contribution in [0.2, 0.25) is 0 Å². The summed E-state index contributed by atoms with van der Waals surface area (Å²) in [7, 11) is 1.67. The molecule has 1 aromatic carbocycles. The lowest BCUT2D eigenvalue weighted by Gasteiger charge is -2.19. The van der Waals surface area contributed by atoms with Crippen LogP contribution >= 0.6 is 0 Å². The molecule has 0 aliphatic rings. The number of carboxylic acids is 1. The zero-order valence-electron chi connectivity index (χ0n) is 13.5. The molecule has 1 heterocycles. The van der Waals surface area contributed by atoms with Gasteiger partial charge < -0.3 is 14.4 Å². The van der Waals surface area contributed by atoms with Gasteiger partial charge in [0.1, 0.15) is 11.4 Å². The monoisotopic (exact) mass is 303 g/mol. The third-order valence-electron chi connectivity index (χ3n) is 3.61. The molecule has 5 nitrogen and oxygen atoms in total. The molecule has 2 aromatic rings. The first-order valence-corrected chi connectivity index (χ1v) is 7.27. The number of carboxylic acid groups (broad SMARTS) is 1. The van der Waals surface area contributed by atoms with Crippen LogP contribution in [0.25, 0.3) is 11.3 Å². The van der Waals surface area contributed by atoms with Crippen molar-refractivity contribution < 1.29 is 19.2 Å². The number of aromatic carboxylic acids is 1. The molecule has 22 heavy (non-hydrogen) atoms. The van der Waals surface area contributed by atoms with Gasteiger partial charge in [0.25, 0.3) is 0 Å². The minimum absolute atomic E-state index is 0.164. The van der Waals surface area contributed by atoms with Crippen molar-refractivity contribution in [3.8, 4) is 17.0 Å². The Morgan fingerprint density at radius 2 is 1.68 bits per heavy atom. The third kappa shape index (κ3) is 2.98. The van der Waals surface area contributed by atoms with Crippen molar-refractivity contribution in [2.24, 2.45) is 0 Å². The van der Waals surface area contributed by atoms with E-state index in [1.807, 2.05) is 12.1 Å². The van der Waals surface area contributed by atoms with Crippen LogP contribution in [-0.4, -0.2) is 23.3 Å². The highest BCUT2D eigenvalue weighted by Gasteiger charge is 2.19. The topological polar surface area (TPSA) is 72.6 Å². The van der Waals surface area contributed by atoms with Crippen molar-refractivity contribution in [1.29, 1.82) is 0 Å². The Morgan fingerprint density at radius 3 is 2.05 bits per heavy atom. The van der Waals surface area contributed by atoms with E-state index in [9.17, 15) is 4.79 Å². The Hall–Kier alpha value is -2.30. The van der Waals surface area contributed by atoms with Crippen LogP contribution in [-0.2, 0) is 0 Å². The van der Waals surface area contributed by atoms with Crippen LogP contribution in [0.5, 0.6) is 5.75 Å². The Morgan fingerprint density at radius 1 is 1.14 bits per heavy atom. The first kappa shape index (κ1) is 16.1. The lowest BCUT2D eigenvalue weighted by molar-refractivity contribution is 0.0652. The fourth-order valence-electron chi connectivity index (χ4n) is 2.43. The average molecular weight is 303 g/mol. The highest BCUT2D eigenvalue weighted by atomic mass is 16.5. The Bertz CT molecular complexity index is 657. The molecular formula is C17H21NO4. The third-order valence-corrected chi connectivity index (χ3v) is 3.61. The standard InChI is InChI=1S/C17H21NO4/c1-9(2)12-6-11(7-13(10(3)4)16(12)21-5)14-8-15(17(19)20)22-18-14/h6-10H,1-5H3,(H,19,20). The smallest absolute Gasteiger partial charge is 0.374 e. The molecule has 1 aromatic heterocycles. The molecule has 0 atom stereocenters. The van der Waals surface area contributed by atoms with E-state index >= 15 is 0 Å². The van der Waals surface area contributed by atoms with Crippen molar-refractivity contribution in [2.75, 3.05) is 7.11 Å². The van der Waals surface area contributed by atoms with Crippen molar-refractivity contribution >= 4 is 5.97 Å². The largest absolute Gasteiger partial charge is 0.496 e. The fourth-order valence-corrected chi connectivity index (χ4v) is 2.43. The average Bonchev–Trinajstić information content (AvgIpc) is 2.95. The lowest BCUT2D eigenvalue weighted by atomic mass is 9.90. The van der Waals surface area contributed by atoms with Gasteiger partial charge in [-0.25, -0.2) is 4.79 Å². The highest BCUT2D eigenvalue weighted by Crippen LogP contribution is 2.38. The SMILES string of the molecule is COc1c(C(C)C)cc(-c2cc(C(=O)O)on2)cc1C(C)C. The van der Waals surface area contributed by atoms with Crippen molar-refractivity contribution in [3.63, 3.8) is 0 Å². The van der Waals surface area contributed by atoms with E-state index in [0.717, 1.165) is 22.4 Å². The molecule has 0 aliphatic carbocycles.